The van der Waals surface area contributed by atoms with E-state index in [0.717, 1.165) is 5.56 Å². The van der Waals surface area contributed by atoms with Gasteiger partial charge in [-0.15, -0.1) is 0 Å². The van der Waals surface area contributed by atoms with E-state index in [1.54, 1.807) is 49.7 Å². The van der Waals surface area contributed by atoms with E-state index >= 15 is 0 Å². The lowest BCUT2D eigenvalue weighted by Crippen LogP contribution is -2.23. The van der Waals surface area contributed by atoms with E-state index in [-0.39, 0.29) is 17.1 Å². The van der Waals surface area contributed by atoms with Crippen molar-refractivity contribution in [3.63, 3.8) is 0 Å². The molecule has 0 spiro atoms. The smallest absolute Gasteiger partial charge is 0.267 e. The number of carbonyl (C=O) groups is 1. The summed E-state index contributed by atoms with van der Waals surface area (Å²) in [4.78, 5) is 35.2. The first-order chi connectivity index (χ1) is 15.0. The van der Waals surface area contributed by atoms with Gasteiger partial charge in [0.05, 0.1) is 28.2 Å². The van der Waals surface area contributed by atoms with E-state index < -0.39 is 0 Å². The van der Waals surface area contributed by atoms with Crippen molar-refractivity contribution in [2.24, 2.45) is 0 Å². The fraction of sp³-hybridized carbons (Fsp3) is 0.130. The van der Waals surface area contributed by atoms with Gasteiger partial charge in [-0.1, -0.05) is 30.0 Å². The van der Waals surface area contributed by atoms with Crippen LogP contribution in [0.5, 0.6) is 5.75 Å². The van der Waals surface area contributed by atoms with Crippen LogP contribution in [0.2, 0.25) is 0 Å². The number of hydrogen-bond acceptors (Lipinski definition) is 6. The summed E-state index contributed by atoms with van der Waals surface area (Å²) in [6.45, 7) is 1.89. The molecule has 0 N–H and O–H groups in total. The number of rotatable bonds is 6. The van der Waals surface area contributed by atoms with Crippen LogP contribution in [0, 0.1) is 6.92 Å². The van der Waals surface area contributed by atoms with Crippen LogP contribution in [0.1, 0.15) is 15.9 Å². The molecule has 156 valence electrons. The zero-order valence-corrected chi connectivity index (χ0v) is 19.2. The highest BCUT2D eigenvalue weighted by Crippen LogP contribution is 2.27. The fourth-order valence-electron chi connectivity index (χ4n) is 3.16. The molecule has 2 aromatic carbocycles. The average Bonchev–Trinajstić information content (AvgIpc) is 2.78. The number of nitrogens with zero attached hydrogens (tertiary/aromatic N) is 3. The molecule has 0 fully saturated rings. The highest BCUT2D eigenvalue weighted by Gasteiger charge is 2.17. The number of pyridine rings is 1. The molecule has 2 aromatic heterocycles. The number of para-hydroxylation sites is 1. The Hall–Kier alpha value is -2.97. The molecule has 0 saturated carbocycles. The maximum Gasteiger partial charge on any atom is 0.267 e. The van der Waals surface area contributed by atoms with Crippen LogP contribution in [-0.4, -0.2) is 33.2 Å². The van der Waals surface area contributed by atoms with Crippen molar-refractivity contribution in [3.8, 4) is 11.6 Å². The summed E-state index contributed by atoms with van der Waals surface area (Å²) >= 11 is 4.62. The van der Waals surface area contributed by atoms with Gasteiger partial charge in [0.15, 0.2) is 10.9 Å². The van der Waals surface area contributed by atoms with Gasteiger partial charge in [-0.2, -0.15) is 0 Å². The van der Waals surface area contributed by atoms with Gasteiger partial charge in [0.1, 0.15) is 11.6 Å². The molecule has 6 nitrogen and oxygen atoms in total. The van der Waals surface area contributed by atoms with Crippen molar-refractivity contribution in [1.82, 2.24) is 14.5 Å². The second-order valence-electron chi connectivity index (χ2n) is 6.76. The van der Waals surface area contributed by atoms with E-state index in [0.29, 0.717) is 37.7 Å². The molecule has 0 saturated heterocycles. The lowest BCUT2D eigenvalue weighted by Gasteiger charge is -2.14. The van der Waals surface area contributed by atoms with Crippen LogP contribution in [0.4, 0.5) is 0 Å². The summed E-state index contributed by atoms with van der Waals surface area (Å²) in [6, 6.07) is 16.1. The SMILES string of the molecule is COc1ccc(C(=O)CSc2nc3ccccc3c(=O)n2-c2ncccc2C)cc1Br. The minimum absolute atomic E-state index is 0.0833. The maximum atomic E-state index is 13.3. The molecule has 31 heavy (non-hydrogen) atoms. The number of methoxy groups -OCH3 is 1. The van der Waals surface area contributed by atoms with Crippen LogP contribution in [0.3, 0.4) is 0 Å². The number of aromatic nitrogens is 3. The molecule has 0 aliphatic rings. The van der Waals surface area contributed by atoms with Gasteiger partial charge < -0.3 is 4.74 Å². The van der Waals surface area contributed by atoms with Gasteiger partial charge in [-0.05, 0) is 64.8 Å². The Morgan fingerprint density at radius 3 is 2.71 bits per heavy atom. The third-order valence-corrected chi connectivity index (χ3v) is 6.30. The van der Waals surface area contributed by atoms with Crippen LogP contribution in [0.25, 0.3) is 16.7 Å². The van der Waals surface area contributed by atoms with Gasteiger partial charge in [-0.3, -0.25) is 9.59 Å². The summed E-state index contributed by atoms with van der Waals surface area (Å²) in [7, 11) is 1.57. The monoisotopic (exact) mass is 495 g/mol. The van der Waals surface area contributed by atoms with Crippen molar-refractivity contribution in [2.45, 2.75) is 12.1 Å². The topological polar surface area (TPSA) is 74.1 Å². The standard InChI is InChI=1S/C23H18BrN3O3S/c1-14-6-5-11-25-21(14)27-22(29)16-7-3-4-8-18(16)26-23(27)31-13-19(28)15-9-10-20(30-2)17(24)12-15/h3-12H,13H2,1-2H3. The lowest BCUT2D eigenvalue weighted by molar-refractivity contribution is 0.102. The Kier molecular flexibility index (Phi) is 6.20. The Balaban J connectivity index is 1.74. The number of benzene rings is 2. The molecule has 2 heterocycles. The summed E-state index contributed by atoms with van der Waals surface area (Å²) < 4.78 is 7.41. The van der Waals surface area contributed by atoms with Gasteiger partial charge in [0, 0.05) is 11.8 Å². The molecule has 0 amide bonds. The molecule has 0 aliphatic carbocycles. The average molecular weight is 496 g/mol. The van der Waals surface area contributed by atoms with E-state index in [9.17, 15) is 9.59 Å². The summed E-state index contributed by atoms with van der Waals surface area (Å²) in [6.07, 6.45) is 1.64. The summed E-state index contributed by atoms with van der Waals surface area (Å²) in [5.74, 6) is 1.20. The van der Waals surface area contributed by atoms with Gasteiger partial charge in [-0.25, -0.2) is 14.5 Å². The minimum Gasteiger partial charge on any atom is -0.496 e. The second-order valence-corrected chi connectivity index (χ2v) is 8.55. The number of Topliss-reactive ketones (excluding diaryl/α,β-unsaturated/α-hetero) is 1. The normalized spacial score (nSPS) is 10.9. The van der Waals surface area contributed by atoms with E-state index in [1.165, 1.54) is 16.3 Å². The number of hydrogen-bond donors (Lipinski definition) is 0. The van der Waals surface area contributed by atoms with E-state index in [2.05, 4.69) is 25.9 Å². The first-order valence-corrected chi connectivity index (χ1v) is 11.2. The predicted octanol–water partition coefficient (Wildman–Crippen LogP) is 4.84. The maximum absolute atomic E-state index is 13.3. The zero-order valence-electron chi connectivity index (χ0n) is 16.8. The number of aryl methyl sites for hydroxylation is 1. The van der Waals surface area contributed by atoms with E-state index in [1.807, 2.05) is 25.1 Å². The molecule has 8 heteroatoms. The zero-order chi connectivity index (χ0) is 22.0. The molecule has 4 rings (SSSR count). The fourth-order valence-corrected chi connectivity index (χ4v) is 4.59. The van der Waals surface area contributed by atoms with Crippen molar-refractivity contribution in [2.75, 3.05) is 12.9 Å². The lowest BCUT2D eigenvalue weighted by atomic mass is 10.1. The first-order valence-electron chi connectivity index (χ1n) is 9.43. The van der Waals surface area contributed by atoms with Gasteiger partial charge >= 0.3 is 0 Å². The van der Waals surface area contributed by atoms with Crippen LogP contribution >= 0.6 is 27.7 Å². The highest BCUT2D eigenvalue weighted by molar-refractivity contribution is 9.10. The molecular weight excluding hydrogens is 478 g/mol. The Morgan fingerprint density at radius 1 is 1.16 bits per heavy atom. The Labute approximate surface area is 191 Å². The molecule has 0 atom stereocenters. The first kappa shape index (κ1) is 21.3. The largest absolute Gasteiger partial charge is 0.496 e. The number of fused-ring (bicyclic) bond motifs is 1. The number of carbonyl (C=O) groups excluding carboxylic acids is 1. The summed E-state index contributed by atoms with van der Waals surface area (Å²) in [5, 5.41) is 0.925. The molecule has 0 radical (unpaired) electrons. The van der Waals surface area contributed by atoms with Gasteiger partial charge in [0.25, 0.3) is 5.56 Å². The van der Waals surface area contributed by atoms with Crippen LogP contribution < -0.4 is 10.3 Å². The Bertz CT molecular complexity index is 1350. The molecular formula is C23H18BrN3O3S. The molecule has 0 aliphatic heterocycles. The van der Waals surface area contributed by atoms with Gasteiger partial charge in [0.2, 0.25) is 0 Å². The van der Waals surface area contributed by atoms with Crippen molar-refractivity contribution >= 4 is 44.4 Å². The number of ketones is 1. The van der Waals surface area contributed by atoms with E-state index in [4.69, 9.17) is 4.74 Å². The van der Waals surface area contributed by atoms with Crippen molar-refractivity contribution < 1.29 is 9.53 Å². The second kappa shape index (κ2) is 9.03. The molecule has 4 aromatic rings. The Morgan fingerprint density at radius 2 is 1.97 bits per heavy atom. The third kappa shape index (κ3) is 4.26. The molecule has 0 unspecified atom stereocenters. The van der Waals surface area contributed by atoms with Crippen LogP contribution in [0.15, 0.2) is 75.2 Å². The quantitative estimate of drug-likeness (QED) is 0.216. The third-order valence-electron chi connectivity index (χ3n) is 4.74. The summed E-state index contributed by atoms with van der Waals surface area (Å²) in [5.41, 5.74) is 1.76. The number of ether oxygens (including phenoxy) is 1. The van der Waals surface area contributed by atoms with Crippen LogP contribution in [-0.2, 0) is 0 Å². The molecule has 0 bridgehead atoms. The highest BCUT2D eigenvalue weighted by atomic mass is 79.9. The number of thioether (sulfide) groups is 1. The van der Waals surface area contributed by atoms with Crippen molar-refractivity contribution in [3.05, 3.63) is 86.7 Å². The number of halogens is 1. The van der Waals surface area contributed by atoms with Crippen molar-refractivity contribution in [1.29, 1.82) is 0 Å². The minimum atomic E-state index is -0.213. The predicted molar refractivity (Wildman–Crippen MR) is 126 cm³/mol.